The van der Waals surface area contributed by atoms with Gasteiger partial charge in [0.15, 0.2) is 0 Å². The molecule has 1 rings (SSSR count). The third-order valence-electron chi connectivity index (χ3n) is 2.73. The Hall–Kier alpha value is -1.87. The minimum atomic E-state index is 0.261. The number of anilines is 2. The Bertz CT molecular complexity index is 449. The summed E-state index contributed by atoms with van der Waals surface area (Å²) in [6.07, 6.45) is 0.464. The van der Waals surface area contributed by atoms with Crippen LogP contribution in [0.5, 0.6) is 0 Å². The summed E-state index contributed by atoms with van der Waals surface area (Å²) in [6, 6.07) is 2.42. The number of nitrogen functional groups attached to an aromatic ring is 1. The number of aryl methyl sites for hydroxylation is 1. The average molecular weight is 248 g/mol. The van der Waals surface area contributed by atoms with E-state index in [9.17, 15) is 0 Å². The highest BCUT2D eigenvalue weighted by Gasteiger charge is 2.17. The van der Waals surface area contributed by atoms with Gasteiger partial charge in [-0.1, -0.05) is 0 Å². The lowest BCUT2D eigenvalue weighted by molar-refractivity contribution is 0.671. The number of nitrogens with one attached hydrogen (secondary N) is 1. The van der Waals surface area contributed by atoms with E-state index in [1.807, 2.05) is 13.8 Å². The van der Waals surface area contributed by atoms with Crippen LogP contribution in [-0.4, -0.2) is 22.6 Å². The molecule has 6 nitrogen and oxygen atoms in total. The summed E-state index contributed by atoms with van der Waals surface area (Å²) < 4.78 is 0. The molecule has 0 bridgehead atoms. The lowest BCUT2D eigenvalue weighted by Crippen LogP contribution is -2.33. The quantitative estimate of drug-likeness (QED) is 0.606. The Morgan fingerprint density at radius 2 is 2.06 bits per heavy atom. The number of nitrogens with two attached hydrogens (primary N) is 1. The number of rotatable bonds is 5. The Morgan fingerprint density at radius 3 is 2.56 bits per heavy atom. The zero-order valence-electron chi connectivity index (χ0n) is 11.4. The van der Waals surface area contributed by atoms with Gasteiger partial charge in [0.25, 0.3) is 0 Å². The molecule has 0 saturated carbocycles. The van der Waals surface area contributed by atoms with Crippen molar-refractivity contribution < 1.29 is 0 Å². The molecule has 0 unspecified atom stereocenters. The van der Waals surface area contributed by atoms with Crippen LogP contribution in [0.4, 0.5) is 11.6 Å². The summed E-state index contributed by atoms with van der Waals surface area (Å²) in [5, 5.41) is 8.73. The monoisotopic (exact) mass is 248 g/mol. The molecule has 6 heteroatoms. The highest BCUT2D eigenvalue weighted by molar-refractivity contribution is 5.58. The van der Waals surface area contributed by atoms with Gasteiger partial charge >= 0.3 is 0 Å². The molecule has 1 heterocycles. The zero-order valence-corrected chi connectivity index (χ0v) is 11.4. The van der Waals surface area contributed by atoms with Crippen LogP contribution in [0.2, 0.25) is 0 Å². The maximum atomic E-state index is 8.73. The number of hydrogen-bond acceptors (Lipinski definition) is 6. The van der Waals surface area contributed by atoms with Crippen molar-refractivity contribution in [3.63, 3.8) is 0 Å². The van der Waals surface area contributed by atoms with Crippen molar-refractivity contribution in [2.45, 2.75) is 40.2 Å². The maximum Gasteiger partial charge on any atom is 0.148 e. The van der Waals surface area contributed by atoms with E-state index < -0.39 is 0 Å². The van der Waals surface area contributed by atoms with E-state index in [1.54, 1.807) is 0 Å². The van der Waals surface area contributed by atoms with E-state index in [-0.39, 0.29) is 6.04 Å². The summed E-state index contributed by atoms with van der Waals surface area (Å²) in [4.78, 5) is 10.8. The molecule has 0 radical (unpaired) electrons. The fraction of sp³-hybridized carbons (Fsp3) is 0.583. The first-order chi connectivity index (χ1) is 8.51. The standard InChI is InChI=1S/C12H20N6/c1-8(2)18(7-5-6-13)12-9(3)11(17-14)15-10(4)16-12/h8H,5,7,14H2,1-4H3,(H,15,16,17). The molecular formula is C12H20N6. The predicted molar refractivity (Wildman–Crippen MR) is 72.0 cm³/mol. The molecule has 0 aliphatic heterocycles. The Kier molecular flexibility index (Phi) is 4.86. The lowest BCUT2D eigenvalue weighted by Gasteiger charge is -2.29. The second-order valence-corrected chi connectivity index (χ2v) is 4.41. The molecule has 98 valence electrons. The van der Waals surface area contributed by atoms with E-state index in [4.69, 9.17) is 11.1 Å². The molecular weight excluding hydrogens is 228 g/mol. The molecule has 0 aliphatic rings. The topological polar surface area (TPSA) is 90.9 Å². The fourth-order valence-electron chi connectivity index (χ4n) is 1.81. The molecule has 1 aromatic rings. The van der Waals surface area contributed by atoms with Crippen LogP contribution in [0.3, 0.4) is 0 Å². The van der Waals surface area contributed by atoms with Crippen LogP contribution in [0, 0.1) is 25.2 Å². The van der Waals surface area contributed by atoms with E-state index in [1.165, 1.54) is 0 Å². The predicted octanol–water partition coefficient (Wildman–Crippen LogP) is 1.51. The minimum Gasteiger partial charge on any atom is -0.353 e. The van der Waals surface area contributed by atoms with Crippen molar-refractivity contribution in [1.82, 2.24) is 9.97 Å². The van der Waals surface area contributed by atoms with Gasteiger partial charge in [-0.25, -0.2) is 15.8 Å². The minimum absolute atomic E-state index is 0.261. The highest BCUT2D eigenvalue weighted by atomic mass is 15.3. The summed E-state index contributed by atoms with van der Waals surface area (Å²) >= 11 is 0. The average Bonchev–Trinajstić information content (AvgIpc) is 2.32. The van der Waals surface area contributed by atoms with E-state index >= 15 is 0 Å². The summed E-state index contributed by atoms with van der Waals surface area (Å²) in [5.74, 6) is 7.57. The van der Waals surface area contributed by atoms with Gasteiger partial charge in [0.2, 0.25) is 0 Å². The number of hydrazine groups is 1. The Balaban J connectivity index is 3.19. The third kappa shape index (κ3) is 3.08. The fourth-order valence-corrected chi connectivity index (χ4v) is 1.81. The largest absolute Gasteiger partial charge is 0.353 e. The smallest absolute Gasteiger partial charge is 0.148 e. The first-order valence-corrected chi connectivity index (χ1v) is 5.96. The molecule has 0 fully saturated rings. The van der Waals surface area contributed by atoms with Crippen molar-refractivity contribution in [3.05, 3.63) is 11.4 Å². The maximum absolute atomic E-state index is 8.73. The van der Waals surface area contributed by atoms with Crippen LogP contribution >= 0.6 is 0 Å². The Labute approximate surface area is 108 Å². The van der Waals surface area contributed by atoms with Gasteiger partial charge in [0.1, 0.15) is 17.5 Å². The van der Waals surface area contributed by atoms with Gasteiger partial charge in [-0.3, -0.25) is 0 Å². The van der Waals surface area contributed by atoms with Crippen LogP contribution in [0.25, 0.3) is 0 Å². The first kappa shape index (κ1) is 14.2. The second-order valence-electron chi connectivity index (χ2n) is 4.41. The number of hydrogen-bond donors (Lipinski definition) is 2. The van der Waals surface area contributed by atoms with E-state index in [0.717, 1.165) is 11.4 Å². The van der Waals surface area contributed by atoms with Crippen LogP contribution in [0.1, 0.15) is 31.7 Å². The molecule has 0 aliphatic carbocycles. The summed E-state index contributed by atoms with van der Waals surface area (Å²) in [5.41, 5.74) is 3.48. The van der Waals surface area contributed by atoms with Gasteiger partial charge in [-0.15, -0.1) is 0 Å². The summed E-state index contributed by atoms with van der Waals surface area (Å²) in [7, 11) is 0. The zero-order chi connectivity index (χ0) is 13.7. The molecule has 0 atom stereocenters. The normalized spacial score (nSPS) is 10.3. The second kappa shape index (κ2) is 6.17. The van der Waals surface area contributed by atoms with Crippen molar-refractivity contribution in [1.29, 1.82) is 5.26 Å². The van der Waals surface area contributed by atoms with Gasteiger partial charge in [-0.05, 0) is 27.7 Å². The summed E-state index contributed by atoms with van der Waals surface area (Å²) in [6.45, 7) is 8.54. The molecule has 18 heavy (non-hydrogen) atoms. The van der Waals surface area contributed by atoms with Crippen molar-refractivity contribution >= 4 is 11.6 Å². The number of nitriles is 1. The van der Waals surface area contributed by atoms with Crippen molar-refractivity contribution in [3.8, 4) is 6.07 Å². The highest BCUT2D eigenvalue weighted by Crippen LogP contribution is 2.24. The number of nitrogens with zero attached hydrogens (tertiary/aromatic N) is 4. The van der Waals surface area contributed by atoms with Gasteiger partial charge in [0.05, 0.1) is 12.5 Å². The molecule has 0 saturated heterocycles. The third-order valence-corrected chi connectivity index (χ3v) is 2.73. The van der Waals surface area contributed by atoms with Crippen LogP contribution in [0.15, 0.2) is 0 Å². The van der Waals surface area contributed by atoms with Crippen molar-refractivity contribution in [2.75, 3.05) is 16.9 Å². The SMILES string of the molecule is Cc1nc(NN)c(C)c(N(CCC#N)C(C)C)n1. The molecule has 1 aromatic heterocycles. The van der Waals surface area contributed by atoms with Crippen molar-refractivity contribution in [2.24, 2.45) is 5.84 Å². The van der Waals surface area contributed by atoms with Crippen LogP contribution < -0.4 is 16.2 Å². The molecule has 0 aromatic carbocycles. The number of aromatic nitrogens is 2. The van der Waals surface area contributed by atoms with E-state index in [0.29, 0.717) is 24.6 Å². The lowest BCUT2D eigenvalue weighted by atomic mass is 10.2. The molecule has 0 spiro atoms. The molecule has 0 amide bonds. The first-order valence-electron chi connectivity index (χ1n) is 5.96. The van der Waals surface area contributed by atoms with Crippen LogP contribution in [-0.2, 0) is 0 Å². The van der Waals surface area contributed by atoms with E-state index in [2.05, 4.69) is 40.2 Å². The van der Waals surface area contributed by atoms with Gasteiger partial charge in [-0.2, -0.15) is 5.26 Å². The van der Waals surface area contributed by atoms with Gasteiger partial charge < -0.3 is 10.3 Å². The van der Waals surface area contributed by atoms with Gasteiger partial charge in [0, 0.05) is 18.2 Å². The Morgan fingerprint density at radius 1 is 1.39 bits per heavy atom. The molecule has 3 N–H and O–H groups in total.